The number of benzene rings is 1. The molecule has 115 valence electrons. The van der Waals surface area contributed by atoms with E-state index < -0.39 is 11.2 Å². The van der Waals surface area contributed by atoms with Crippen molar-refractivity contribution in [3.63, 3.8) is 0 Å². The van der Waals surface area contributed by atoms with Crippen molar-refractivity contribution in [1.29, 1.82) is 0 Å². The molecule has 0 amide bonds. The third kappa shape index (κ3) is 5.18. The van der Waals surface area contributed by atoms with Crippen LogP contribution in [0.5, 0.6) is 0 Å². The summed E-state index contributed by atoms with van der Waals surface area (Å²) < 4.78 is 10.4. The molecule has 0 fully saturated rings. The second-order valence-electron chi connectivity index (χ2n) is 6.08. The van der Waals surface area contributed by atoms with Crippen LogP contribution in [0.15, 0.2) is 24.3 Å². The van der Waals surface area contributed by atoms with Crippen LogP contribution >= 0.6 is 0 Å². The van der Waals surface area contributed by atoms with Gasteiger partial charge in [0.15, 0.2) is 0 Å². The molecule has 1 rings (SSSR count). The first-order valence-electron chi connectivity index (χ1n) is 7.05. The van der Waals surface area contributed by atoms with Gasteiger partial charge < -0.3 is 14.5 Å². The Morgan fingerprint density at radius 2 is 1.86 bits per heavy atom. The van der Waals surface area contributed by atoms with Crippen LogP contribution in [0, 0.1) is 0 Å². The molecule has 1 N–H and O–H groups in total. The van der Waals surface area contributed by atoms with E-state index in [2.05, 4.69) is 4.74 Å². The smallest absolute Gasteiger partial charge is 0.331 e. The Balaban J connectivity index is 2.74. The maximum absolute atomic E-state index is 11.2. The van der Waals surface area contributed by atoms with Gasteiger partial charge in [-0.1, -0.05) is 35.3 Å². The van der Waals surface area contributed by atoms with Crippen LogP contribution < -0.4 is 5.46 Å². The molecule has 0 aliphatic carbocycles. The normalized spacial score (nSPS) is 12.1. The van der Waals surface area contributed by atoms with Crippen molar-refractivity contribution in [2.24, 2.45) is 0 Å². The zero-order valence-electron chi connectivity index (χ0n) is 13.5. The van der Waals surface area contributed by atoms with Gasteiger partial charge in [0.05, 0.1) is 18.3 Å². The highest BCUT2D eigenvalue weighted by atomic mass is 16.5. The first kappa shape index (κ1) is 17.7. The van der Waals surface area contributed by atoms with Crippen molar-refractivity contribution in [2.45, 2.75) is 51.7 Å². The van der Waals surface area contributed by atoms with Gasteiger partial charge in [-0.2, -0.15) is 0 Å². The fraction of sp³-hybridized carbons (Fsp3) is 0.562. The minimum atomic E-state index is -0.968. The maximum Gasteiger partial charge on any atom is 0.331 e. The lowest BCUT2D eigenvalue weighted by Gasteiger charge is -2.37. The lowest BCUT2D eigenvalue weighted by atomic mass is 9.79. The number of carbonyl (C=O) groups is 1. The topological polar surface area (TPSA) is 55.8 Å². The van der Waals surface area contributed by atoms with Gasteiger partial charge in [0.25, 0.3) is 0 Å². The molecule has 21 heavy (non-hydrogen) atoms. The molecule has 0 saturated carbocycles. The molecule has 5 heteroatoms. The standard InChI is InChI=1S/C16H24BO4/c1-15(2,19)16(3,4)21-17-13-9-7-6-8-12(13)10-11-14(18)20-5/h6-9,19H,10-11H2,1-5H3. The minimum absolute atomic E-state index is 0.234. The van der Waals surface area contributed by atoms with Crippen molar-refractivity contribution in [3.05, 3.63) is 29.8 Å². The van der Waals surface area contributed by atoms with E-state index in [1.807, 2.05) is 38.1 Å². The molecule has 1 radical (unpaired) electrons. The summed E-state index contributed by atoms with van der Waals surface area (Å²) in [5.74, 6) is -0.234. The average molecular weight is 291 g/mol. The predicted molar refractivity (Wildman–Crippen MR) is 83.6 cm³/mol. The number of hydrogen-bond donors (Lipinski definition) is 1. The molecule has 0 bridgehead atoms. The van der Waals surface area contributed by atoms with E-state index in [1.165, 1.54) is 7.11 Å². The van der Waals surface area contributed by atoms with E-state index in [4.69, 9.17) is 4.65 Å². The Kier molecular flexibility index (Phi) is 5.99. The second kappa shape index (κ2) is 7.10. The summed E-state index contributed by atoms with van der Waals surface area (Å²) in [5, 5.41) is 10.1. The Hall–Kier alpha value is -1.33. The number of aryl methyl sites for hydroxylation is 1. The molecular formula is C16H24BO4. The lowest BCUT2D eigenvalue weighted by Crippen LogP contribution is -2.49. The van der Waals surface area contributed by atoms with Crippen molar-refractivity contribution in [3.8, 4) is 0 Å². The fourth-order valence-electron chi connectivity index (χ4n) is 1.57. The summed E-state index contributed by atoms with van der Waals surface area (Å²) >= 11 is 0. The molecule has 0 spiro atoms. The number of esters is 1. The monoisotopic (exact) mass is 291 g/mol. The second-order valence-corrected chi connectivity index (χ2v) is 6.08. The third-order valence-electron chi connectivity index (χ3n) is 3.84. The van der Waals surface area contributed by atoms with E-state index in [0.29, 0.717) is 12.8 Å². The van der Waals surface area contributed by atoms with Crippen LogP contribution in [0.3, 0.4) is 0 Å². The summed E-state index contributed by atoms with van der Waals surface area (Å²) in [6.45, 7) is 7.09. The van der Waals surface area contributed by atoms with Crippen LogP contribution in [0.25, 0.3) is 0 Å². The van der Waals surface area contributed by atoms with E-state index in [-0.39, 0.29) is 5.97 Å². The highest BCUT2D eigenvalue weighted by molar-refractivity contribution is 6.47. The van der Waals surface area contributed by atoms with Gasteiger partial charge in [-0.25, -0.2) is 0 Å². The van der Waals surface area contributed by atoms with Crippen molar-refractivity contribution >= 4 is 18.9 Å². The Morgan fingerprint density at radius 3 is 2.43 bits per heavy atom. The molecule has 1 aromatic rings. The fourth-order valence-corrected chi connectivity index (χ4v) is 1.57. The van der Waals surface area contributed by atoms with Gasteiger partial charge in [-0.3, -0.25) is 4.79 Å². The largest absolute Gasteiger partial charge is 0.469 e. The lowest BCUT2D eigenvalue weighted by molar-refractivity contribution is -0.140. The number of ether oxygens (including phenoxy) is 1. The molecule has 0 heterocycles. The summed E-state index contributed by atoms with van der Waals surface area (Å²) in [7, 11) is 3.03. The van der Waals surface area contributed by atoms with Gasteiger partial charge in [0.1, 0.15) is 0 Å². The number of methoxy groups -OCH3 is 1. The number of carbonyl (C=O) groups excluding carboxylic acids is 1. The van der Waals surface area contributed by atoms with Crippen molar-refractivity contribution in [1.82, 2.24) is 0 Å². The SMILES string of the molecule is COC(=O)CCc1ccccc1[B]OC(C)(C)C(C)(C)O. The number of aliphatic hydroxyl groups is 1. The summed E-state index contributed by atoms with van der Waals surface area (Å²) in [4.78, 5) is 11.2. The molecule has 4 nitrogen and oxygen atoms in total. The van der Waals surface area contributed by atoms with Gasteiger partial charge in [0.2, 0.25) is 0 Å². The summed E-state index contributed by atoms with van der Waals surface area (Å²) in [5.41, 5.74) is 0.223. The molecule has 0 unspecified atom stereocenters. The zero-order chi connectivity index (χ0) is 16.1. The van der Waals surface area contributed by atoms with Crippen LogP contribution in [0.4, 0.5) is 0 Å². The van der Waals surface area contributed by atoms with E-state index in [9.17, 15) is 9.90 Å². The number of rotatable bonds is 7. The highest BCUT2D eigenvalue weighted by Crippen LogP contribution is 2.24. The van der Waals surface area contributed by atoms with Crippen molar-refractivity contribution < 1.29 is 19.3 Å². The third-order valence-corrected chi connectivity index (χ3v) is 3.84. The maximum atomic E-state index is 11.2. The highest BCUT2D eigenvalue weighted by Gasteiger charge is 2.35. The predicted octanol–water partition coefficient (Wildman–Crippen LogP) is 1.60. The minimum Gasteiger partial charge on any atom is -0.469 e. The van der Waals surface area contributed by atoms with Crippen LogP contribution in [0.2, 0.25) is 0 Å². The van der Waals surface area contributed by atoms with Gasteiger partial charge in [-0.05, 0) is 34.1 Å². The van der Waals surface area contributed by atoms with Crippen LogP contribution in [-0.2, 0) is 20.6 Å². The van der Waals surface area contributed by atoms with Crippen LogP contribution in [0.1, 0.15) is 39.7 Å². The molecule has 0 saturated heterocycles. The van der Waals surface area contributed by atoms with Gasteiger partial charge in [0, 0.05) is 6.42 Å². The number of hydrogen-bond acceptors (Lipinski definition) is 4. The van der Waals surface area contributed by atoms with E-state index in [1.54, 1.807) is 21.3 Å². The van der Waals surface area contributed by atoms with Gasteiger partial charge in [-0.15, -0.1) is 0 Å². The molecular weight excluding hydrogens is 267 g/mol. The summed E-state index contributed by atoms with van der Waals surface area (Å²) in [6.07, 6.45) is 0.919. The molecule has 0 aliphatic rings. The Bertz CT molecular complexity index is 477. The quantitative estimate of drug-likeness (QED) is 0.612. The first-order valence-corrected chi connectivity index (χ1v) is 7.05. The Labute approximate surface area is 127 Å². The Morgan fingerprint density at radius 1 is 1.24 bits per heavy atom. The van der Waals surface area contributed by atoms with Gasteiger partial charge >= 0.3 is 13.5 Å². The van der Waals surface area contributed by atoms with E-state index in [0.717, 1.165) is 11.0 Å². The first-order chi connectivity index (χ1) is 9.67. The molecule has 1 aromatic carbocycles. The molecule has 0 atom stereocenters. The average Bonchev–Trinajstić information content (AvgIpc) is 2.42. The molecule has 0 aliphatic heterocycles. The summed E-state index contributed by atoms with van der Waals surface area (Å²) in [6, 6.07) is 7.71. The van der Waals surface area contributed by atoms with E-state index >= 15 is 0 Å². The molecule has 0 aromatic heterocycles. The zero-order valence-corrected chi connectivity index (χ0v) is 13.5. The van der Waals surface area contributed by atoms with Crippen molar-refractivity contribution in [2.75, 3.05) is 7.11 Å². The van der Waals surface area contributed by atoms with Crippen LogP contribution in [-0.4, -0.2) is 36.9 Å².